The minimum Gasteiger partial charge on any atom is -0.207 e. The minimum atomic E-state index is -3.84. The van der Waals surface area contributed by atoms with Crippen molar-refractivity contribution in [2.24, 2.45) is 0 Å². The van der Waals surface area contributed by atoms with Crippen LogP contribution in [0, 0.1) is 11.6 Å². The Morgan fingerprint density at radius 1 is 0.917 bits per heavy atom. The molecule has 3 aromatic rings. The van der Waals surface area contributed by atoms with Crippen molar-refractivity contribution in [1.82, 2.24) is 4.72 Å². The van der Waals surface area contributed by atoms with E-state index in [0.29, 0.717) is 0 Å². The molecule has 0 bridgehead atoms. The van der Waals surface area contributed by atoms with E-state index in [4.69, 9.17) is 0 Å². The van der Waals surface area contributed by atoms with Crippen LogP contribution in [0.4, 0.5) is 8.78 Å². The van der Waals surface area contributed by atoms with Gasteiger partial charge in [-0.3, -0.25) is 0 Å². The normalized spacial score (nSPS) is 13.1. The van der Waals surface area contributed by atoms with Gasteiger partial charge in [0.2, 0.25) is 10.0 Å². The first-order valence-corrected chi connectivity index (χ1v) is 8.81. The van der Waals surface area contributed by atoms with Gasteiger partial charge < -0.3 is 0 Å². The summed E-state index contributed by atoms with van der Waals surface area (Å²) in [5.41, 5.74) is 0.0840. The zero-order chi connectivity index (χ0) is 17.3. The second-order valence-corrected chi connectivity index (χ2v) is 7.23. The highest BCUT2D eigenvalue weighted by Crippen LogP contribution is 2.23. The summed E-state index contributed by atoms with van der Waals surface area (Å²) in [7, 11) is -3.84. The number of benzene rings is 3. The summed E-state index contributed by atoms with van der Waals surface area (Å²) in [6.07, 6.45) is 0. The molecule has 0 radical (unpaired) electrons. The minimum absolute atomic E-state index is 0.0840. The molecule has 0 saturated heterocycles. The zero-order valence-corrected chi connectivity index (χ0v) is 13.6. The molecule has 3 rings (SSSR count). The topological polar surface area (TPSA) is 46.2 Å². The van der Waals surface area contributed by atoms with Crippen LogP contribution < -0.4 is 4.72 Å². The Hall–Kier alpha value is -2.31. The van der Waals surface area contributed by atoms with E-state index >= 15 is 0 Å². The van der Waals surface area contributed by atoms with Gasteiger partial charge in [-0.1, -0.05) is 36.4 Å². The van der Waals surface area contributed by atoms with Gasteiger partial charge >= 0.3 is 0 Å². The summed E-state index contributed by atoms with van der Waals surface area (Å²) in [4.78, 5) is 0.0931. The lowest BCUT2D eigenvalue weighted by atomic mass is 10.1. The molecule has 3 aromatic carbocycles. The third kappa shape index (κ3) is 3.29. The number of rotatable bonds is 4. The summed E-state index contributed by atoms with van der Waals surface area (Å²) in [6, 6.07) is 14.4. The first-order valence-electron chi connectivity index (χ1n) is 7.33. The van der Waals surface area contributed by atoms with Gasteiger partial charge in [0.25, 0.3) is 0 Å². The van der Waals surface area contributed by atoms with Crippen LogP contribution in [0.2, 0.25) is 0 Å². The number of hydrogen-bond acceptors (Lipinski definition) is 2. The van der Waals surface area contributed by atoms with Crippen LogP contribution in [0.1, 0.15) is 18.5 Å². The quantitative estimate of drug-likeness (QED) is 0.770. The molecule has 0 heterocycles. The number of halogens is 2. The Morgan fingerprint density at radius 3 is 2.33 bits per heavy atom. The molecule has 24 heavy (non-hydrogen) atoms. The maximum atomic E-state index is 13.8. The maximum Gasteiger partial charge on any atom is 0.241 e. The van der Waals surface area contributed by atoms with E-state index in [-0.39, 0.29) is 10.5 Å². The van der Waals surface area contributed by atoms with Crippen molar-refractivity contribution in [1.29, 1.82) is 0 Å². The van der Waals surface area contributed by atoms with E-state index in [0.717, 1.165) is 22.9 Å². The number of nitrogens with one attached hydrogen (secondary N) is 1. The predicted molar refractivity (Wildman–Crippen MR) is 89.0 cm³/mol. The third-order valence-corrected chi connectivity index (χ3v) is 5.33. The van der Waals surface area contributed by atoms with Crippen molar-refractivity contribution >= 4 is 20.8 Å². The Morgan fingerprint density at radius 2 is 1.62 bits per heavy atom. The van der Waals surface area contributed by atoms with Gasteiger partial charge in [0.15, 0.2) is 0 Å². The average molecular weight is 347 g/mol. The summed E-state index contributed by atoms with van der Waals surface area (Å²) in [6.45, 7) is 1.51. The van der Waals surface area contributed by atoms with Crippen molar-refractivity contribution in [3.8, 4) is 0 Å². The first kappa shape index (κ1) is 16.5. The number of fused-ring (bicyclic) bond motifs is 1. The van der Waals surface area contributed by atoms with E-state index in [9.17, 15) is 17.2 Å². The summed E-state index contributed by atoms with van der Waals surface area (Å²) in [5.74, 6) is -1.50. The van der Waals surface area contributed by atoms with E-state index in [2.05, 4.69) is 4.72 Å². The highest BCUT2D eigenvalue weighted by atomic mass is 32.2. The molecule has 0 amide bonds. The lowest BCUT2D eigenvalue weighted by Crippen LogP contribution is -2.27. The summed E-state index contributed by atoms with van der Waals surface area (Å²) in [5, 5.41) is 1.72. The molecular formula is C18H15F2NO2S. The molecule has 1 atom stereocenters. The van der Waals surface area contributed by atoms with Crippen molar-refractivity contribution in [2.75, 3.05) is 0 Å². The summed E-state index contributed by atoms with van der Waals surface area (Å²) >= 11 is 0. The molecule has 6 heteroatoms. The second kappa shape index (κ2) is 6.30. The summed E-state index contributed by atoms with van der Waals surface area (Å²) < 4.78 is 54.3. The molecule has 0 fully saturated rings. The average Bonchev–Trinajstić information content (AvgIpc) is 2.53. The van der Waals surface area contributed by atoms with Gasteiger partial charge in [-0.05, 0) is 35.9 Å². The van der Waals surface area contributed by atoms with Gasteiger partial charge in [-0.25, -0.2) is 21.9 Å². The fraction of sp³-hybridized carbons (Fsp3) is 0.111. The predicted octanol–water partition coefficient (Wildman–Crippen LogP) is 4.16. The highest BCUT2D eigenvalue weighted by Gasteiger charge is 2.20. The standard InChI is InChI=1S/C18H15F2NO2S/c1-12(17-9-7-15(19)11-18(17)20)21-24(22,23)16-8-6-13-4-2-3-5-14(13)10-16/h2-12,21H,1H3/t12-/m1/s1. The van der Waals surface area contributed by atoms with Crippen molar-refractivity contribution in [3.63, 3.8) is 0 Å². The molecule has 0 aromatic heterocycles. The van der Waals surface area contributed by atoms with Gasteiger partial charge in [0.1, 0.15) is 11.6 Å². The molecule has 3 nitrogen and oxygen atoms in total. The van der Waals surface area contributed by atoms with Crippen molar-refractivity contribution in [2.45, 2.75) is 17.9 Å². The van der Waals surface area contributed by atoms with Crippen LogP contribution in [0.5, 0.6) is 0 Å². The van der Waals surface area contributed by atoms with Crippen LogP contribution in [0.15, 0.2) is 65.6 Å². The SMILES string of the molecule is C[C@@H](NS(=O)(=O)c1ccc2ccccc2c1)c1ccc(F)cc1F. The Bertz CT molecular complexity index is 1000. The monoisotopic (exact) mass is 347 g/mol. The van der Waals surface area contributed by atoms with Crippen molar-refractivity contribution < 1.29 is 17.2 Å². The Balaban J connectivity index is 1.91. The smallest absolute Gasteiger partial charge is 0.207 e. The molecular weight excluding hydrogens is 332 g/mol. The Labute approximate surface area is 139 Å². The first-order chi connectivity index (χ1) is 11.4. The molecule has 0 aliphatic heterocycles. The van der Waals surface area contributed by atoms with Crippen molar-refractivity contribution in [3.05, 3.63) is 77.9 Å². The lowest BCUT2D eigenvalue weighted by molar-refractivity contribution is 0.540. The van der Waals surface area contributed by atoms with E-state index in [1.165, 1.54) is 19.1 Å². The van der Waals surface area contributed by atoms with Gasteiger partial charge in [0.05, 0.1) is 4.90 Å². The number of hydrogen-bond donors (Lipinski definition) is 1. The maximum absolute atomic E-state index is 13.8. The molecule has 0 aliphatic carbocycles. The van der Waals surface area contributed by atoms with E-state index < -0.39 is 27.7 Å². The fourth-order valence-corrected chi connectivity index (χ4v) is 3.81. The number of sulfonamides is 1. The molecule has 124 valence electrons. The molecule has 0 spiro atoms. The Kier molecular flexibility index (Phi) is 4.34. The zero-order valence-electron chi connectivity index (χ0n) is 12.8. The molecule has 0 saturated carbocycles. The van der Waals surface area contributed by atoms with Crippen LogP contribution in [-0.2, 0) is 10.0 Å². The fourth-order valence-electron chi connectivity index (χ4n) is 2.55. The van der Waals surface area contributed by atoms with Gasteiger partial charge in [-0.15, -0.1) is 0 Å². The van der Waals surface area contributed by atoms with Crippen LogP contribution in [0.25, 0.3) is 10.8 Å². The van der Waals surface area contributed by atoms with Gasteiger partial charge in [-0.2, -0.15) is 0 Å². The van der Waals surface area contributed by atoms with Crippen LogP contribution >= 0.6 is 0 Å². The largest absolute Gasteiger partial charge is 0.241 e. The molecule has 0 aliphatic rings. The molecule has 0 unspecified atom stereocenters. The lowest BCUT2D eigenvalue weighted by Gasteiger charge is -2.15. The van der Waals surface area contributed by atoms with Crippen LogP contribution in [-0.4, -0.2) is 8.42 Å². The highest BCUT2D eigenvalue weighted by molar-refractivity contribution is 7.89. The van der Waals surface area contributed by atoms with Crippen LogP contribution in [0.3, 0.4) is 0 Å². The van der Waals surface area contributed by atoms with Gasteiger partial charge in [0, 0.05) is 17.7 Å². The van der Waals surface area contributed by atoms with E-state index in [1.54, 1.807) is 12.1 Å². The third-order valence-electron chi connectivity index (χ3n) is 3.79. The van der Waals surface area contributed by atoms with E-state index in [1.807, 2.05) is 24.3 Å². The second-order valence-electron chi connectivity index (χ2n) is 5.52. The molecule has 1 N–H and O–H groups in total.